The third-order valence-corrected chi connectivity index (χ3v) is 8.11. The summed E-state index contributed by atoms with van der Waals surface area (Å²) in [5, 5.41) is 13.9. The molecule has 2 aliphatic rings. The summed E-state index contributed by atoms with van der Waals surface area (Å²) in [6.45, 7) is 6.37. The lowest BCUT2D eigenvalue weighted by atomic mass is 9.93. The molecule has 1 aliphatic heterocycles. The average Bonchev–Trinajstić information content (AvgIpc) is 3.38. The van der Waals surface area contributed by atoms with E-state index in [4.69, 9.17) is 0 Å². The Labute approximate surface area is 217 Å². The van der Waals surface area contributed by atoms with E-state index in [1.807, 2.05) is 41.9 Å². The van der Waals surface area contributed by atoms with Crippen LogP contribution in [0.5, 0.6) is 0 Å². The molecule has 6 rings (SSSR count). The van der Waals surface area contributed by atoms with E-state index < -0.39 is 0 Å². The van der Waals surface area contributed by atoms with Crippen molar-refractivity contribution >= 4 is 10.9 Å². The van der Waals surface area contributed by atoms with Gasteiger partial charge in [-0.1, -0.05) is 61.7 Å². The largest absolute Gasteiger partial charge is 0.322 e. The first-order valence-corrected chi connectivity index (χ1v) is 13.6. The minimum Gasteiger partial charge on any atom is -0.322 e. The summed E-state index contributed by atoms with van der Waals surface area (Å²) in [6, 6.07) is 18.8. The SMILES string of the molecule is Cc1ccc2cc([C@H](c3nnnn3Cc3ccccc3)N3CCN(C4CCCCC4)CC3)c(=O)[nH]c2c1. The van der Waals surface area contributed by atoms with Gasteiger partial charge in [-0.15, -0.1) is 5.10 Å². The lowest BCUT2D eigenvalue weighted by molar-refractivity contribution is 0.0618. The van der Waals surface area contributed by atoms with Gasteiger partial charge in [0.1, 0.15) is 6.04 Å². The van der Waals surface area contributed by atoms with Gasteiger partial charge >= 0.3 is 0 Å². The second kappa shape index (κ2) is 10.6. The standard InChI is InChI=1S/C29H35N7O/c1-21-12-13-23-19-25(29(37)30-26(23)18-21)27(28-31-32-33-36(28)20-22-8-4-2-5-9-22)35-16-14-34(15-17-35)24-10-6-3-7-11-24/h2,4-5,8-9,12-13,18-19,24,27H,3,6-7,10-11,14-17,20H2,1H3,(H,30,37)/t27-/m1/s1. The Morgan fingerprint density at radius 2 is 1.76 bits per heavy atom. The highest BCUT2D eigenvalue weighted by Crippen LogP contribution is 2.30. The quantitative estimate of drug-likeness (QED) is 0.435. The maximum Gasteiger partial charge on any atom is 0.253 e. The van der Waals surface area contributed by atoms with Gasteiger partial charge in [-0.05, 0) is 58.8 Å². The molecule has 37 heavy (non-hydrogen) atoms. The molecule has 1 N–H and O–H groups in total. The van der Waals surface area contributed by atoms with Crippen LogP contribution in [-0.4, -0.2) is 67.2 Å². The molecule has 1 atom stereocenters. The van der Waals surface area contributed by atoms with E-state index in [2.05, 4.69) is 54.6 Å². The average molecular weight is 498 g/mol. The molecule has 0 amide bonds. The first kappa shape index (κ1) is 24.0. The molecule has 0 radical (unpaired) electrons. The first-order chi connectivity index (χ1) is 18.2. The van der Waals surface area contributed by atoms with Gasteiger partial charge < -0.3 is 4.98 Å². The van der Waals surface area contributed by atoms with E-state index in [1.54, 1.807) is 0 Å². The minimum atomic E-state index is -0.318. The van der Waals surface area contributed by atoms with Gasteiger partial charge in [-0.25, -0.2) is 4.68 Å². The smallest absolute Gasteiger partial charge is 0.253 e. The Morgan fingerprint density at radius 3 is 2.54 bits per heavy atom. The van der Waals surface area contributed by atoms with Crippen LogP contribution >= 0.6 is 0 Å². The van der Waals surface area contributed by atoms with E-state index in [1.165, 1.54) is 32.1 Å². The zero-order chi connectivity index (χ0) is 25.2. The lowest BCUT2D eigenvalue weighted by Gasteiger charge is -2.43. The van der Waals surface area contributed by atoms with E-state index in [-0.39, 0.29) is 11.6 Å². The summed E-state index contributed by atoms with van der Waals surface area (Å²) < 4.78 is 1.85. The van der Waals surface area contributed by atoms with E-state index >= 15 is 0 Å². The number of hydrogen-bond donors (Lipinski definition) is 1. The van der Waals surface area contributed by atoms with Crippen LogP contribution < -0.4 is 5.56 Å². The number of aromatic nitrogens is 5. The number of hydrogen-bond acceptors (Lipinski definition) is 6. The third-order valence-electron chi connectivity index (χ3n) is 8.11. The molecular weight excluding hydrogens is 462 g/mol. The summed E-state index contributed by atoms with van der Waals surface area (Å²) in [7, 11) is 0. The monoisotopic (exact) mass is 497 g/mol. The number of rotatable bonds is 6. The van der Waals surface area contributed by atoms with Crippen LogP contribution in [-0.2, 0) is 6.54 Å². The molecule has 0 bridgehead atoms. The summed E-state index contributed by atoms with van der Waals surface area (Å²) in [5.74, 6) is 0.715. The second-order valence-electron chi connectivity index (χ2n) is 10.6. The number of nitrogens with zero attached hydrogens (tertiary/aromatic N) is 6. The molecule has 0 unspecified atom stereocenters. The Hall–Kier alpha value is -3.36. The molecule has 8 heteroatoms. The number of benzene rings is 2. The lowest BCUT2D eigenvalue weighted by Crippen LogP contribution is -2.52. The molecule has 1 saturated heterocycles. The zero-order valence-electron chi connectivity index (χ0n) is 21.5. The summed E-state index contributed by atoms with van der Waals surface area (Å²) in [4.78, 5) is 21.7. The number of aromatic amines is 1. The fraction of sp³-hybridized carbons (Fsp3) is 0.448. The van der Waals surface area contributed by atoms with Gasteiger partial charge in [0.2, 0.25) is 0 Å². The van der Waals surface area contributed by atoms with Crippen LogP contribution in [0.3, 0.4) is 0 Å². The van der Waals surface area contributed by atoms with Crippen LogP contribution in [0, 0.1) is 6.92 Å². The molecule has 1 aliphatic carbocycles. The van der Waals surface area contributed by atoms with E-state index in [0.717, 1.165) is 48.2 Å². The van der Waals surface area contributed by atoms with Gasteiger partial charge in [0.15, 0.2) is 5.82 Å². The molecule has 192 valence electrons. The highest BCUT2D eigenvalue weighted by atomic mass is 16.1. The topological polar surface area (TPSA) is 82.9 Å². The van der Waals surface area contributed by atoms with E-state index in [0.29, 0.717) is 24.0 Å². The Kier molecular flexibility index (Phi) is 6.85. The Balaban J connectivity index is 1.36. The van der Waals surface area contributed by atoms with Crippen LogP contribution in [0.4, 0.5) is 0 Å². The number of aryl methyl sites for hydroxylation is 1. The van der Waals surface area contributed by atoms with Crippen molar-refractivity contribution < 1.29 is 0 Å². The fourth-order valence-electron chi connectivity index (χ4n) is 6.12. The molecule has 2 fully saturated rings. The van der Waals surface area contributed by atoms with Crippen molar-refractivity contribution in [1.82, 2.24) is 35.0 Å². The normalized spacial score (nSPS) is 18.8. The van der Waals surface area contributed by atoms with Gasteiger partial charge in [0.05, 0.1) is 6.54 Å². The van der Waals surface area contributed by atoms with Crippen LogP contribution in [0.15, 0.2) is 59.4 Å². The second-order valence-corrected chi connectivity index (χ2v) is 10.6. The molecule has 4 aromatic rings. The molecule has 2 aromatic heterocycles. The number of nitrogens with one attached hydrogen (secondary N) is 1. The molecule has 0 spiro atoms. The number of piperazine rings is 1. The van der Waals surface area contributed by atoms with Gasteiger partial charge in [-0.3, -0.25) is 14.6 Å². The van der Waals surface area contributed by atoms with Crippen molar-refractivity contribution in [3.63, 3.8) is 0 Å². The summed E-state index contributed by atoms with van der Waals surface area (Å²) in [5.41, 5.74) is 3.73. The summed E-state index contributed by atoms with van der Waals surface area (Å²) >= 11 is 0. The Morgan fingerprint density at radius 1 is 0.973 bits per heavy atom. The van der Waals surface area contributed by atoms with Crippen LogP contribution in [0.25, 0.3) is 10.9 Å². The first-order valence-electron chi connectivity index (χ1n) is 13.6. The third kappa shape index (κ3) is 5.08. The highest BCUT2D eigenvalue weighted by Gasteiger charge is 2.34. The van der Waals surface area contributed by atoms with Crippen LogP contribution in [0.2, 0.25) is 0 Å². The van der Waals surface area contributed by atoms with Crippen molar-refractivity contribution in [3.05, 3.63) is 87.5 Å². The molecule has 8 nitrogen and oxygen atoms in total. The van der Waals surface area contributed by atoms with Crippen molar-refractivity contribution in [2.24, 2.45) is 0 Å². The van der Waals surface area contributed by atoms with Gasteiger partial charge in [0, 0.05) is 43.3 Å². The molecule has 3 heterocycles. The number of H-pyrrole nitrogens is 1. The maximum atomic E-state index is 13.5. The fourth-order valence-corrected chi connectivity index (χ4v) is 6.12. The molecule has 2 aromatic carbocycles. The zero-order valence-corrected chi connectivity index (χ0v) is 21.5. The van der Waals surface area contributed by atoms with Gasteiger partial charge in [0.25, 0.3) is 5.56 Å². The maximum absolute atomic E-state index is 13.5. The van der Waals surface area contributed by atoms with Crippen LogP contribution in [0.1, 0.15) is 60.7 Å². The predicted molar refractivity (Wildman–Crippen MR) is 145 cm³/mol. The van der Waals surface area contributed by atoms with Crippen molar-refractivity contribution in [2.45, 2.75) is 57.7 Å². The summed E-state index contributed by atoms with van der Waals surface area (Å²) in [6.07, 6.45) is 6.67. The highest BCUT2D eigenvalue weighted by molar-refractivity contribution is 5.79. The predicted octanol–water partition coefficient (Wildman–Crippen LogP) is 3.91. The van der Waals surface area contributed by atoms with Gasteiger partial charge in [-0.2, -0.15) is 0 Å². The van der Waals surface area contributed by atoms with Crippen molar-refractivity contribution in [1.29, 1.82) is 0 Å². The van der Waals surface area contributed by atoms with Crippen molar-refractivity contribution in [3.8, 4) is 0 Å². The number of tetrazole rings is 1. The van der Waals surface area contributed by atoms with E-state index in [9.17, 15) is 4.79 Å². The number of fused-ring (bicyclic) bond motifs is 1. The Bertz CT molecular complexity index is 1400. The molecular formula is C29H35N7O. The molecule has 1 saturated carbocycles. The number of pyridine rings is 1. The van der Waals surface area contributed by atoms with Crippen molar-refractivity contribution in [2.75, 3.05) is 26.2 Å². The minimum absolute atomic E-state index is 0.0768.